The first-order chi connectivity index (χ1) is 16.8. The van der Waals surface area contributed by atoms with Crippen molar-refractivity contribution in [3.63, 3.8) is 0 Å². The van der Waals surface area contributed by atoms with Crippen LogP contribution in [0.25, 0.3) is 11.1 Å². The molecule has 0 radical (unpaired) electrons. The maximum absolute atomic E-state index is 13.5. The highest BCUT2D eigenvalue weighted by Gasteiger charge is 2.72. The van der Waals surface area contributed by atoms with Crippen molar-refractivity contribution in [2.45, 2.75) is 37.1 Å². The first-order valence-corrected chi connectivity index (χ1v) is 11.8. The van der Waals surface area contributed by atoms with Crippen LogP contribution in [0.5, 0.6) is 0 Å². The molecule has 2 amide bonds. The van der Waals surface area contributed by atoms with E-state index in [1.165, 1.54) is 0 Å². The maximum Gasteiger partial charge on any atom is 0.407 e. The van der Waals surface area contributed by atoms with Gasteiger partial charge in [0.15, 0.2) is 0 Å². The van der Waals surface area contributed by atoms with Crippen molar-refractivity contribution in [2.24, 2.45) is 17.8 Å². The number of ether oxygens (including phenoxy) is 1. The standard InChI is InChI=1S/C26H26F2N2O5/c27-26(28)20(23(26)24(32)33)12-29-22(31)11-21(14-9-10-14)30-25(34)35-13-19-17-7-3-1-5-15(17)16-6-2-4-8-18(16)19/h1-8,14,19-21,23H,9-13H2,(H,29,31)(H,30,34)(H,32,33). The average molecular weight is 484 g/mol. The van der Waals surface area contributed by atoms with Crippen molar-refractivity contribution >= 4 is 18.0 Å². The van der Waals surface area contributed by atoms with Gasteiger partial charge < -0.3 is 20.5 Å². The lowest BCUT2D eigenvalue weighted by atomic mass is 9.98. The Bertz CT molecular complexity index is 1120. The van der Waals surface area contributed by atoms with Crippen molar-refractivity contribution in [2.75, 3.05) is 13.2 Å². The molecule has 2 fully saturated rings. The van der Waals surface area contributed by atoms with Gasteiger partial charge in [0.25, 0.3) is 5.92 Å². The molecule has 2 aromatic carbocycles. The number of carboxylic acids is 1. The summed E-state index contributed by atoms with van der Waals surface area (Å²) in [5, 5.41) is 14.0. The molecule has 3 aliphatic rings. The second-order valence-corrected chi connectivity index (χ2v) is 9.52. The molecule has 2 saturated carbocycles. The summed E-state index contributed by atoms with van der Waals surface area (Å²) in [7, 11) is 0. The Morgan fingerprint density at radius 2 is 1.63 bits per heavy atom. The van der Waals surface area contributed by atoms with E-state index in [9.17, 15) is 23.2 Å². The second kappa shape index (κ2) is 8.94. The van der Waals surface area contributed by atoms with Crippen molar-refractivity contribution in [3.8, 4) is 11.1 Å². The predicted molar refractivity (Wildman–Crippen MR) is 122 cm³/mol. The Balaban J connectivity index is 1.14. The van der Waals surface area contributed by atoms with Crippen LogP contribution in [0.15, 0.2) is 48.5 Å². The zero-order valence-electron chi connectivity index (χ0n) is 18.9. The maximum atomic E-state index is 13.5. The van der Waals surface area contributed by atoms with E-state index in [0.717, 1.165) is 35.1 Å². The topological polar surface area (TPSA) is 105 Å². The first kappa shape index (κ1) is 23.3. The number of hydrogen-bond donors (Lipinski definition) is 3. The molecule has 9 heteroatoms. The van der Waals surface area contributed by atoms with E-state index >= 15 is 0 Å². The summed E-state index contributed by atoms with van der Waals surface area (Å²) in [5.74, 6) is -8.52. The van der Waals surface area contributed by atoms with E-state index in [0.29, 0.717) is 0 Å². The van der Waals surface area contributed by atoms with Crippen molar-refractivity contribution < 1.29 is 33.0 Å². The molecule has 0 spiro atoms. The number of alkyl halides is 2. The van der Waals surface area contributed by atoms with Gasteiger partial charge in [0.2, 0.25) is 5.91 Å². The zero-order chi connectivity index (χ0) is 24.7. The summed E-state index contributed by atoms with van der Waals surface area (Å²) >= 11 is 0. The minimum absolute atomic E-state index is 0.0785. The number of benzene rings is 2. The van der Waals surface area contributed by atoms with Crippen molar-refractivity contribution in [1.29, 1.82) is 0 Å². The van der Waals surface area contributed by atoms with Crippen molar-refractivity contribution in [1.82, 2.24) is 10.6 Å². The molecule has 3 N–H and O–H groups in total. The molecule has 0 saturated heterocycles. The molecule has 0 bridgehead atoms. The lowest BCUT2D eigenvalue weighted by molar-refractivity contribution is -0.141. The molecule has 0 aromatic heterocycles. The van der Waals surface area contributed by atoms with Gasteiger partial charge >= 0.3 is 12.1 Å². The molecule has 3 unspecified atom stereocenters. The molecule has 184 valence electrons. The molecular weight excluding hydrogens is 458 g/mol. The van der Waals surface area contributed by atoms with Crippen LogP contribution in [0.2, 0.25) is 0 Å². The average Bonchev–Trinajstić information content (AvgIpc) is 3.72. The number of hydrogen-bond acceptors (Lipinski definition) is 4. The molecular formula is C26H26F2N2O5. The third kappa shape index (κ3) is 4.59. The first-order valence-electron chi connectivity index (χ1n) is 11.8. The normalized spacial score (nSPS) is 22.5. The van der Waals surface area contributed by atoms with E-state index in [2.05, 4.69) is 10.6 Å². The smallest absolute Gasteiger partial charge is 0.407 e. The Morgan fingerprint density at radius 3 is 2.17 bits per heavy atom. The van der Waals surface area contributed by atoms with Crippen LogP contribution in [-0.2, 0) is 14.3 Å². The van der Waals surface area contributed by atoms with Gasteiger partial charge in [-0.25, -0.2) is 13.6 Å². The minimum Gasteiger partial charge on any atom is -0.481 e. The van der Waals surface area contributed by atoms with Crippen LogP contribution < -0.4 is 10.6 Å². The van der Waals surface area contributed by atoms with Crippen LogP contribution in [-0.4, -0.2) is 48.2 Å². The highest BCUT2D eigenvalue weighted by molar-refractivity contribution is 5.80. The molecule has 5 rings (SSSR count). The van der Waals surface area contributed by atoms with Gasteiger partial charge in [-0.05, 0) is 41.0 Å². The Morgan fingerprint density at radius 1 is 1.03 bits per heavy atom. The molecule has 35 heavy (non-hydrogen) atoms. The Hall–Kier alpha value is -3.49. The summed E-state index contributed by atoms with van der Waals surface area (Å²) in [6, 6.07) is 15.5. The van der Waals surface area contributed by atoms with Gasteiger partial charge in [-0.15, -0.1) is 0 Å². The van der Waals surface area contributed by atoms with E-state index in [4.69, 9.17) is 9.84 Å². The molecule has 3 atom stereocenters. The van der Waals surface area contributed by atoms with Crippen LogP contribution >= 0.6 is 0 Å². The number of carboxylic acid groups (broad SMARTS) is 1. The minimum atomic E-state index is -3.31. The summed E-state index contributed by atoms with van der Waals surface area (Å²) in [5.41, 5.74) is 4.43. The lowest BCUT2D eigenvalue weighted by Gasteiger charge is -2.19. The van der Waals surface area contributed by atoms with Gasteiger partial charge in [0.1, 0.15) is 12.5 Å². The highest BCUT2D eigenvalue weighted by Crippen LogP contribution is 2.55. The SMILES string of the molecule is O=C(CC(NC(=O)OCC1c2ccccc2-c2ccccc21)C1CC1)NCC1C(C(=O)O)C1(F)F. The summed E-state index contributed by atoms with van der Waals surface area (Å²) in [4.78, 5) is 35.8. The number of carbonyl (C=O) groups is 3. The number of alkyl carbamates (subject to hydrolysis) is 1. The fourth-order valence-electron chi connectivity index (χ4n) is 5.10. The lowest BCUT2D eigenvalue weighted by Crippen LogP contribution is -2.41. The van der Waals surface area contributed by atoms with Crippen LogP contribution in [0, 0.1) is 17.8 Å². The van der Waals surface area contributed by atoms with Crippen LogP contribution in [0.3, 0.4) is 0 Å². The number of halogens is 2. The van der Waals surface area contributed by atoms with Crippen LogP contribution in [0.4, 0.5) is 13.6 Å². The molecule has 7 nitrogen and oxygen atoms in total. The monoisotopic (exact) mass is 484 g/mol. The van der Waals surface area contributed by atoms with Gasteiger partial charge in [0.05, 0.1) is 5.92 Å². The zero-order valence-corrected chi connectivity index (χ0v) is 18.9. The Kier molecular flexibility index (Phi) is 5.94. The number of fused-ring (bicyclic) bond motifs is 3. The number of aliphatic carboxylic acids is 1. The number of nitrogens with one attached hydrogen (secondary N) is 2. The van der Waals surface area contributed by atoms with Crippen molar-refractivity contribution in [3.05, 3.63) is 59.7 Å². The largest absolute Gasteiger partial charge is 0.481 e. The number of carbonyl (C=O) groups excluding carboxylic acids is 2. The van der Waals surface area contributed by atoms with Gasteiger partial charge in [0, 0.05) is 24.9 Å². The van der Waals surface area contributed by atoms with E-state index in [1.807, 2.05) is 48.5 Å². The highest BCUT2D eigenvalue weighted by atomic mass is 19.3. The third-order valence-corrected chi connectivity index (χ3v) is 7.23. The van der Waals surface area contributed by atoms with Crippen LogP contribution in [0.1, 0.15) is 36.3 Å². The quantitative estimate of drug-likeness (QED) is 0.503. The molecule has 3 aliphatic carbocycles. The summed E-state index contributed by atoms with van der Waals surface area (Å²) < 4.78 is 32.6. The Labute approximate surface area is 200 Å². The molecule has 0 aliphatic heterocycles. The number of rotatable bonds is 9. The van der Waals surface area contributed by atoms with Gasteiger partial charge in [-0.2, -0.15) is 0 Å². The fraction of sp³-hybridized carbons (Fsp3) is 0.423. The number of amides is 2. The van der Waals surface area contributed by atoms with E-state index < -0.39 is 48.3 Å². The van der Waals surface area contributed by atoms with E-state index in [1.54, 1.807) is 0 Å². The third-order valence-electron chi connectivity index (χ3n) is 7.23. The van der Waals surface area contributed by atoms with Gasteiger partial charge in [-0.1, -0.05) is 48.5 Å². The second-order valence-electron chi connectivity index (χ2n) is 9.52. The summed E-state index contributed by atoms with van der Waals surface area (Å²) in [6.07, 6.45) is 0.994. The van der Waals surface area contributed by atoms with Gasteiger partial charge in [-0.3, -0.25) is 9.59 Å². The molecule has 0 heterocycles. The van der Waals surface area contributed by atoms with E-state index in [-0.39, 0.29) is 24.9 Å². The predicted octanol–water partition coefficient (Wildman–Crippen LogP) is 3.78. The summed E-state index contributed by atoms with van der Waals surface area (Å²) in [6.45, 7) is -0.262. The molecule has 2 aromatic rings. The fourth-order valence-corrected chi connectivity index (χ4v) is 5.10.